The molecule has 2 heterocycles. The molecule has 0 saturated carbocycles. The van der Waals surface area contributed by atoms with Crippen LogP contribution in [-0.4, -0.2) is 94.1 Å². The van der Waals surface area contributed by atoms with Gasteiger partial charge in [-0.3, -0.25) is 9.89 Å². The second kappa shape index (κ2) is 13.2. The normalized spacial score (nSPS) is 24.2. The fourth-order valence-electron chi connectivity index (χ4n) is 3.60. The number of sulfone groups is 1. The SMILES string of the molecule is CCNC(=NCCCN1CCCCC1C)NCCN1CCS(=O)(=O)CC1.I. The van der Waals surface area contributed by atoms with Gasteiger partial charge < -0.3 is 15.5 Å². The van der Waals surface area contributed by atoms with E-state index < -0.39 is 9.84 Å². The van der Waals surface area contributed by atoms with Crippen molar-refractivity contribution in [2.24, 2.45) is 4.99 Å². The zero-order chi connectivity index (χ0) is 18.8. The summed E-state index contributed by atoms with van der Waals surface area (Å²) in [6.07, 6.45) is 5.11. The number of halogens is 1. The minimum atomic E-state index is -2.80. The highest BCUT2D eigenvalue weighted by atomic mass is 127. The smallest absolute Gasteiger partial charge is 0.191 e. The monoisotopic (exact) mass is 515 g/mol. The van der Waals surface area contributed by atoms with Crippen molar-refractivity contribution < 1.29 is 8.42 Å². The number of aliphatic imine (C=N–C) groups is 1. The quantitative estimate of drug-likeness (QED) is 0.219. The van der Waals surface area contributed by atoms with Gasteiger partial charge in [0.05, 0.1) is 11.5 Å². The van der Waals surface area contributed by atoms with E-state index in [9.17, 15) is 8.42 Å². The van der Waals surface area contributed by atoms with Crippen molar-refractivity contribution in [3.63, 3.8) is 0 Å². The Labute approximate surface area is 182 Å². The number of nitrogens with zero attached hydrogens (tertiary/aromatic N) is 3. The third-order valence-corrected chi connectivity index (χ3v) is 6.92. The minimum Gasteiger partial charge on any atom is -0.357 e. The van der Waals surface area contributed by atoms with Crippen molar-refractivity contribution in [1.29, 1.82) is 0 Å². The van der Waals surface area contributed by atoms with E-state index in [0.717, 1.165) is 45.1 Å². The van der Waals surface area contributed by atoms with E-state index in [1.807, 2.05) is 0 Å². The van der Waals surface area contributed by atoms with Crippen LogP contribution in [0.25, 0.3) is 0 Å². The Morgan fingerprint density at radius 1 is 1.11 bits per heavy atom. The molecule has 2 aliphatic rings. The molecule has 160 valence electrons. The van der Waals surface area contributed by atoms with Crippen LogP contribution in [0, 0.1) is 0 Å². The first kappa shape index (κ1) is 24.9. The lowest BCUT2D eigenvalue weighted by atomic mass is 10.0. The van der Waals surface area contributed by atoms with Crippen LogP contribution in [-0.2, 0) is 9.84 Å². The average Bonchev–Trinajstić information content (AvgIpc) is 2.61. The maximum absolute atomic E-state index is 11.5. The topological polar surface area (TPSA) is 77.0 Å². The molecule has 0 amide bonds. The van der Waals surface area contributed by atoms with Crippen LogP contribution in [0.2, 0.25) is 0 Å². The Morgan fingerprint density at radius 2 is 1.85 bits per heavy atom. The van der Waals surface area contributed by atoms with E-state index in [2.05, 4.69) is 39.3 Å². The first-order valence-corrected chi connectivity index (χ1v) is 12.0. The summed E-state index contributed by atoms with van der Waals surface area (Å²) in [4.78, 5) is 9.47. The standard InChI is InChI=1S/C18H37N5O2S.HI/c1-3-19-18(20-8-6-11-23-10-5-4-7-17(23)2)21-9-12-22-13-15-26(24,25)16-14-22;/h17H,3-16H2,1-2H3,(H2,19,20,21);1H. The zero-order valence-corrected chi connectivity index (χ0v) is 20.1. The summed E-state index contributed by atoms with van der Waals surface area (Å²) in [7, 11) is -2.80. The highest BCUT2D eigenvalue weighted by molar-refractivity contribution is 14.0. The second-order valence-corrected chi connectivity index (χ2v) is 9.72. The van der Waals surface area contributed by atoms with Crippen LogP contribution in [0.15, 0.2) is 4.99 Å². The van der Waals surface area contributed by atoms with E-state index in [1.54, 1.807) is 0 Å². The summed E-state index contributed by atoms with van der Waals surface area (Å²) in [6.45, 7) is 11.4. The number of rotatable bonds is 8. The van der Waals surface area contributed by atoms with Gasteiger partial charge in [-0.2, -0.15) is 0 Å². The average molecular weight is 516 g/mol. The van der Waals surface area contributed by atoms with Crippen LogP contribution in [0.1, 0.15) is 39.5 Å². The van der Waals surface area contributed by atoms with E-state index in [-0.39, 0.29) is 35.5 Å². The van der Waals surface area contributed by atoms with E-state index >= 15 is 0 Å². The number of nitrogens with one attached hydrogen (secondary N) is 2. The molecular formula is C18H38IN5O2S. The molecule has 0 aliphatic carbocycles. The molecule has 2 N–H and O–H groups in total. The lowest BCUT2D eigenvalue weighted by Crippen LogP contribution is -2.46. The molecule has 27 heavy (non-hydrogen) atoms. The van der Waals surface area contributed by atoms with Gasteiger partial charge in [-0.1, -0.05) is 6.42 Å². The zero-order valence-electron chi connectivity index (χ0n) is 17.0. The summed E-state index contributed by atoms with van der Waals surface area (Å²) < 4.78 is 22.9. The fraction of sp³-hybridized carbons (Fsp3) is 0.944. The Bertz CT molecular complexity index is 530. The van der Waals surface area contributed by atoms with Gasteiger partial charge >= 0.3 is 0 Å². The number of hydrogen-bond acceptors (Lipinski definition) is 5. The predicted octanol–water partition coefficient (Wildman–Crippen LogP) is 1.15. The number of guanidine groups is 1. The van der Waals surface area contributed by atoms with Gasteiger partial charge in [0, 0.05) is 51.9 Å². The molecule has 0 aromatic rings. The molecule has 7 nitrogen and oxygen atoms in total. The van der Waals surface area contributed by atoms with Gasteiger partial charge in [0.25, 0.3) is 0 Å². The predicted molar refractivity (Wildman–Crippen MR) is 124 cm³/mol. The lowest BCUT2D eigenvalue weighted by Gasteiger charge is -2.33. The maximum Gasteiger partial charge on any atom is 0.191 e. The first-order chi connectivity index (χ1) is 12.5. The molecule has 2 fully saturated rings. The van der Waals surface area contributed by atoms with E-state index in [4.69, 9.17) is 0 Å². The first-order valence-electron chi connectivity index (χ1n) is 10.2. The Balaban J connectivity index is 0.00000364. The summed E-state index contributed by atoms with van der Waals surface area (Å²) >= 11 is 0. The Morgan fingerprint density at radius 3 is 2.52 bits per heavy atom. The van der Waals surface area contributed by atoms with Crippen molar-refractivity contribution in [2.45, 2.75) is 45.6 Å². The molecule has 1 atom stereocenters. The van der Waals surface area contributed by atoms with Crippen molar-refractivity contribution in [1.82, 2.24) is 20.4 Å². The molecule has 0 aromatic heterocycles. The van der Waals surface area contributed by atoms with Crippen molar-refractivity contribution >= 4 is 39.8 Å². The van der Waals surface area contributed by atoms with Gasteiger partial charge in [-0.05, 0) is 39.7 Å². The van der Waals surface area contributed by atoms with Gasteiger partial charge in [-0.15, -0.1) is 24.0 Å². The summed E-state index contributed by atoms with van der Waals surface area (Å²) in [5.74, 6) is 1.44. The molecule has 9 heteroatoms. The molecule has 2 rings (SSSR count). The summed E-state index contributed by atoms with van der Waals surface area (Å²) in [5.41, 5.74) is 0. The molecule has 0 radical (unpaired) electrons. The molecule has 2 saturated heterocycles. The van der Waals surface area contributed by atoms with Gasteiger partial charge in [0.15, 0.2) is 15.8 Å². The molecule has 1 unspecified atom stereocenters. The van der Waals surface area contributed by atoms with Crippen molar-refractivity contribution in [3.8, 4) is 0 Å². The number of likely N-dealkylation sites (tertiary alicyclic amines) is 1. The van der Waals surface area contributed by atoms with Crippen LogP contribution in [0.4, 0.5) is 0 Å². The molecular weight excluding hydrogens is 477 g/mol. The Kier molecular flexibility index (Phi) is 12.1. The fourth-order valence-corrected chi connectivity index (χ4v) is 4.88. The Hall–Kier alpha value is -0.130. The highest BCUT2D eigenvalue weighted by Crippen LogP contribution is 2.16. The second-order valence-electron chi connectivity index (χ2n) is 7.42. The van der Waals surface area contributed by atoms with Gasteiger partial charge in [0.1, 0.15) is 0 Å². The van der Waals surface area contributed by atoms with Gasteiger partial charge in [-0.25, -0.2) is 8.42 Å². The van der Waals surface area contributed by atoms with E-state index in [1.165, 1.54) is 25.8 Å². The van der Waals surface area contributed by atoms with Crippen molar-refractivity contribution in [2.75, 3.05) is 63.9 Å². The number of piperidine rings is 1. The lowest BCUT2D eigenvalue weighted by molar-refractivity contribution is 0.160. The largest absolute Gasteiger partial charge is 0.357 e. The highest BCUT2D eigenvalue weighted by Gasteiger charge is 2.21. The molecule has 2 aliphatic heterocycles. The third kappa shape index (κ3) is 9.76. The molecule has 0 aromatic carbocycles. The van der Waals surface area contributed by atoms with E-state index in [0.29, 0.717) is 19.1 Å². The third-order valence-electron chi connectivity index (χ3n) is 5.32. The van der Waals surface area contributed by atoms with Crippen LogP contribution in [0.5, 0.6) is 0 Å². The van der Waals surface area contributed by atoms with Crippen LogP contribution < -0.4 is 10.6 Å². The van der Waals surface area contributed by atoms with Crippen LogP contribution >= 0.6 is 24.0 Å². The molecule has 0 spiro atoms. The number of hydrogen-bond donors (Lipinski definition) is 2. The van der Waals surface area contributed by atoms with Crippen molar-refractivity contribution in [3.05, 3.63) is 0 Å². The minimum absolute atomic E-state index is 0. The summed E-state index contributed by atoms with van der Waals surface area (Å²) in [5, 5.41) is 6.66. The molecule has 0 bridgehead atoms. The van der Waals surface area contributed by atoms with Gasteiger partial charge in [0.2, 0.25) is 0 Å². The maximum atomic E-state index is 11.5. The summed E-state index contributed by atoms with van der Waals surface area (Å²) in [6, 6.07) is 0.715. The van der Waals surface area contributed by atoms with Crippen LogP contribution in [0.3, 0.4) is 0 Å².